The fraction of sp³-hybridized carbons (Fsp3) is 0.292. The number of anilines is 1. The number of nitrogens with one attached hydrogen (secondary N) is 1. The van der Waals surface area contributed by atoms with Crippen molar-refractivity contribution in [1.82, 2.24) is 5.16 Å². The number of alkyl halides is 3. The molecule has 0 aliphatic carbocycles. The molecule has 1 atom stereocenters. The quantitative estimate of drug-likeness (QED) is 0.493. The molecule has 34 heavy (non-hydrogen) atoms. The molecule has 2 N–H and O–H groups in total. The first-order valence-corrected chi connectivity index (χ1v) is 10.1. The topological polar surface area (TPSA) is 92.4 Å². The van der Waals surface area contributed by atoms with Crippen LogP contribution in [0.1, 0.15) is 37.1 Å². The third kappa shape index (κ3) is 4.58. The van der Waals surface area contributed by atoms with Crippen molar-refractivity contribution >= 4 is 28.4 Å². The largest absolute Gasteiger partial charge is 0.426 e. The molecule has 0 radical (unpaired) electrons. The fourth-order valence-electron chi connectivity index (χ4n) is 3.88. The third-order valence-corrected chi connectivity index (χ3v) is 5.66. The number of carbonyl (C=O) groups excluding carboxylic acids is 1. The van der Waals surface area contributed by atoms with Gasteiger partial charge in [0.2, 0.25) is 5.60 Å². The summed E-state index contributed by atoms with van der Waals surface area (Å²) < 4.78 is 60.7. The molecule has 0 fully saturated rings. The Hall–Kier alpha value is -3.53. The molecule has 1 heterocycles. The van der Waals surface area contributed by atoms with Crippen LogP contribution < -0.4 is 10.9 Å². The second-order valence-electron chi connectivity index (χ2n) is 8.62. The number of hydrogen-bond donors (Lipinski definition) is 2. The predicted octanol–water partition coefficient (Wildman–Crippen LogP) is 4.88. The molecule has 0 spiro atoms. The normalized spacial score (nSPS) is 14.0. The van der Waals surface area contributed by atoms with Gasteiger partial charge in [-0.3, -0.25) is 4.79 Å². The van der Waals surface area contributed by atoms with E-state index in [0.29, 0.717) is 5.56 Å². The number of amides is 1. The van der Waals surface area contributed by atoms with Gasteiger partial charge in [0.1, 0.15) is 5.82 Å². The Morgan fingerprint density at radius 3 is 2.47 bits per heavy atom. The van der Waals surface area contributed by atoms with E-state index in [2.05, 4.69) is 21.6 Å². The van der Waals surface area contributed by atoms with Crippen molar-refractivity contribution in [2.24, 2.45) is 0 Å². The van der Waals surface area contributed by atoms with Gasteiger partial charge in [0.05, 0.1) is 11.1 Å². The molecule has 0 saturated carbocycles. The lowest BCUT2D eigenvalue weighted by molar-refractivity contribution is -0.254. The van der Waals surface area contributed by atoms with E-state index in [1.165, 1.54) is 51.1 Å². The number of nitrogens with zero attached hydrogens (tertiary/aromatic N) is 1. The zero-order valence-electron chi connectivity index (χ0n) is 18.6. The number of benzene rings is 2. The first-order valence-electron chi connectivity index (χ1n) is 10.1. The maximum absolute atomic E-state index is 14.1. The van der Waals surface area contributed by atoms with Crippen molar-refractivity contribution in [3.8, 4) is 0 Å². The van der Waals surface area contributed by atoms with E-state index < -0.39 is 41.0 Å². The molecule has 0 saturated heterocycles. The number of hydrogen-bond acceptors (Lipinski definition) is 5. The van der Waals surface area contributed by atoms with E-state index >= 15 is 0 Å². The van der Waals surface area contributed by atoms with Gasteiger partial charge < -0.3 is 14.9 Å². The molecule has 1 aromatic heterocycles. The monoisotopic (exact) mass is 478 g/mol. The van der Waals surface area contributed by atoms with Crippen LogP contribution in [0, 0.1) is 12.7 Å². The van der Waals surface area contributed by atoms with E-state index in [9.17, 15) is 32.3 Å². The van der Waals surface area contributed by atoms with Crippen LogP contribution in [0.25, 0.3) is 16.8 Å². The van der Waals surface area contributed by atoms with Crippen LogP contribution in [0.3, 0.4) is 0 Å². The van der Waals surface area contributed by atoms with Gasteiger partial charge in [0.15, 0.2) is 0 Å². The molecular formula is C24H22F4N2O4. The van der Waals surface area contributed by atoms with E-state index in [4.69, 9.17) is 0 Å². The summed E-state index contributed by atoms with van der Waals surface area (Å²) >= 11 is 0. The van der Waals surface area contributed by atoms with Crippen molar-refractivity contribution < 1.29 is 32.0 Å². The van der Waals surface area contributed by atoms with Gasteiger partial charge in [-0.2, -0.15) is 13.2 Å². The SMILES string of the molecule is C=Cc1ccc(F)cc1C(C)(C)CC(O)(C(=O)Nc1ccc2c(=O)onc(C)c2c1)C(F)(F)F. The summed E-state index contributed by atoms with van der Waals surface area (Å²) in [5.41, 5.74) is -5.35. The number of aryl methyl sites for hydroxylation is 1. The molecule has 6 nitrogen and oxygen atoms in total. The van der Waals surface area contributed by atoms with Gasteiger partial charge in [-0.1, -0.05) is 37.7 Å². The number of aromatic nitrogens is 1. The van der Waals surface area contributed by atoms with Crippen LogP contribution in [0.15, 0.2) is 52.3 Å². The van der Waals surface area contributed by atoms with Crippen molar-refractivity contribution in [3.05, 3.63) is 76.0 Å². The fourth-order valence-corrected chi connectivity index (χ4v) is 3.88. The van der Waals surface area contributed by atoms with Crippen LogP contribution in [0.5, 0.6) is 0 Å². The molecule has 1 amide bonds. The molecular weight excluding hydrogens is 456 g/mol. The van der Waals surface area contributed by atoms with Gasteiger partial charge in [0, 0.05) is 17.5 Å². The predicted molar refractivity (Wildman–Crippen MR) is 119 cm³/mol. The van der Waals surface area contributed by atoms with Crippen molar-refractivity contribution in [1.29, 1.82) is 0 Å². The Morgan fingerprint density at radius 1 is 1.18 bits per heavy atom. The molecule has 1 unspecified atom stereocenters. The number of rotatable bonds is 6. The standard InChI is InChI=1S/C24H22F4N2O4/c1-5-14-6-7-15(25)10-19(14)22(3,4)12-23(33,24(26,27)28)21(32)29-16-8-9-17-18(11-16)13(2)30-34-20(17)31/h5-11,33H,1,12H2,2-4H3,(H,29,32). The lowest BCUT2D eigenvalue weighted by atomic mass is 9.73. The Kier molecular flexibility index (Phi) is 6.41. The minimum absolute atomic E-state index is 0.0917. The van der Waals surface area contributed by atoms with Gasteiger partial charge >= 0.3 is 11.8 Å². The van der Waals surface area contributed by atoms with Crippen LogP contribution in [-0.4, -0.2) is 27.9 Å². The van der Waals surface area contributed by atoms with E-state index in [1.54, 1.807) is 0 Å². The highest BCUT2D eigenvalue weighted by molar-refractivity contribution is 5.99. The Labute approximate surface area is 191 Å². The molecule has 10 heteroatoms. The minimum Gasteiger partial charge on any atom is -0.373 e. The molecule has 3 aromatic rings. The summed E-state index contributed by atoms with van der Waals surface area (Å²) in [6, 6.07) is 7.28. The molecule has 3 rings (SSSR count). The summed E-state index contributed by atoms with van der Waals surface area (Å²) in [7, 11) is 0. The molecule has 0 aliphatic heterocycles. The average Bonchev–Trinajstić information content (AvgIpc) is 2.75. The molecule has 0 bridgehead atoms. The number of halogens is 4. The zero-order valence-corrected chi connectivity index (χ0v) is 18.6. The van der Waals surface area contributed by atoms with Crippen LogP contribution in [0.2, 0.25) is 0 Å². The van der Waals surface area contributed by atoms with Gasteiger partial charge in [-0.25, -0.2) is 9.18 Å². The van der Waals surface area contributed by atoms with E-state index in [-0.39, 0.29) is 27.7 Å². The van der Waals surface area contributed by atoms with Crippen molar-refractivity contribution in [3.63, 3.8) is 0 Å². The summed E-state index contributed by atoms with van der Waals surface area (Å²) in [6.07, 6.45) is -5.10. The van der Waals surface area contributed by atoms with E-state index in [1.807, 2.05) is 0 Å². The molecule has 180 valence electrons. The first-order chi connectivity index (χ1) is 15.7. The summed E-state index contributed by atoms with van der Waals surface area (Å²) in [4.78, 5) is 24.6. The number of carbonyl (C=O) groups is 1. The van der Waals surface area contributed by atoms with Crippen LogP contribution in [0.4, 0.5) is 23.2 Å². The Morgan fingerprint density at radius 2 is 1.85 bits per heavy atom. The van der Waals surface area contributed by atoms with Gasteiger partial charge in [-0.15, -0.1) is 0 Å². The number of fused-ring (bicyclic) bond motifs is 1. The van der Waals surface area contributed by atoms with Gasteiger partial charge in [-0.05, 0) is 53.8 Å². The van der Waals surface area contributed by atoms with Crippen LogP contribution >= 0.6 is 0 Å². The lowest BCUT2D eigenvalue weighted by Gasteiger charge is -2.37. The van der Waals surface area contributed by atoms with E-state index in [0.717, 1.165) is 12.1 Å². The highest BCUT2D eigenvalue weighted by Crippen LogP contribution is 2.43. The summed E-state index contributed by atoms with van der Waals surface area (Å²) in [5.74, 6) is -2.41. The second kappa shape index (κ2) is 8.68. The maximum Gasteiger partial charge on any atom is 0.426 e. The summed E-state index contributed by atoms with van der Waals surface area (Å²) in [6.45, 7) is 7.83. The zero-order chi connectivity index (χ0) is 25.5. The second-order valence-corrected chi connectivity index (χ2v) is 8.62. The highest BCUT2D eigenvalue weighted by Gasteiger charge is 2.61. The van der Waals surface area contributed by atoms with Crippen molar-refractivity contribution in [2.45, 2.75) is 44.4 Å². The molecule has 2 aromatic carbocycles. The first kappa shape index (κ1) is 25.1. The highest BCUT2D eigenvalue weighted by atomic mass is 19.4. The summed E-state index contributed by atoms with van der Waals surface area (Å²) in [5, 5.41) is 16.7. The van der Waals surface area contributed by atoms with Crippen LogP contribution in [-0.2, 0) is 10.2 Å². The Balaban J connectivity index is 2.01. The smallest absolute Gasteiger partial charge is 0.373 e. The maximum atomic E-state index is 14.1. The van der Waals surface area contributed by atoms with Gasteiger partial charge in [0.25, 0.3) is 5.91 Å². The Bertz CT molecular complexity index is 1330. The molecule has 0 aliphatic rings. The minimum atomic E-state index is -5.36. The number of aliphatic hydroxyl groups is 1. The van der Waals surface area contributed by atoms with Crippen molar-refractivity contribution in [2.75, 3.05) is 5.32 Å². The average molecular weight is 478 g/mol. The lowest BCUT2D eigenvalue weighted by Crippen LogP contribution is -2.57. The third-order valence-electron chi connectivity index (χ3n) is 5.66.